The lowest BCUT2D eigenvalue weighted by Gasteiger charge is -2.49. The summed E-state index contributed by atoms with van der Waals surface area (Å²) in [7, 11) is 6.91. The molecule has 0 saturated carbocycles. The standard InChI is InChI=1S/C47H46N6O7S2.HI/c1-53(2)27-26-37(60-53)25-22-32-29-61-44-40(43(55)52(44)41(32)45(56)59-28-31-20-23-36(57-3)24-21-31)49-42(54)39(51-58-4)38-30-62-46(48-38)50-47(33-14-8-5-9-15-33,34-16-10-6-11-17-34)35-18-12-7-13-19-35;/h5-25,30,37,40,44H,26-29H2,1-4H3,(H-,48,49,50,54);1H/b25-22-,51-39-;/t37?,40-,44-;/m1./s1. The van der Waals surface area contributed by atoms with E-state index in [1.54, 1.807) is 24.6 Å². The number of quaternary nitrogens is 1. The van der Waals surface area contributed by atoms with Crippen LogP contribution in [0.4, 0.5) is 5.13 Å². The third kappa shape index (κ3) is 9.69. The highest BCUT2D eigenvalue weighted by Crippen LogP contribution is 2.43. The minimum Gasteiger partial charge on any atom is -1.00 e. The third-order valence-electron chi connectivity index (χ3n) is 11.0. The molecule has 1 unspecified atom stereocenters. The van der Waals surface area contributed by atoms with Gasteiger partial charge in [-0.2, -0.15) is 9.48 Å². The maximum absolute atomic E-state index is 14.1. The second-order valence-electron chi connectivity index (χ2n) is 15.4. The summed E-state index contributed by atoms with van der Waals surface area (Å²) in [5.74, 6) is -0.682. The van der Waals surface area contributed by atoms with Gasteiger partial charge in [-0.1, -0.05) is 114 Å². The molecule has 2 N–H and O–H groups in total. The van der Waals surface area contributed by atoms with Gasteiger partial charge in [0.25, 0.3) is 11.8 Å². The Bertz CT molecular complexity index is 2400. The number of carbonyl (C=O) groups excluding carboxylic acids is 3. The fourth-order valence-corrected chi connectivity index (χ4v) is 9.92. The maximum Gasteiger partial charge on any atom is 0.355 e. The molecule has 4 aromatic carbocycles. The lowest BCUT2D eigenvalue weighted by Crippen LogP contribution is -3.00. The van der Waals surface area contributed by atoms with E-state index >= 15 is 0 Å². The number of nitrogens with zero attached hydrogens (tertiary/aromatic N) is 4. The number of esters is 1. The van der Waals surface area contributed by atoms with Gasteiger partial charge in [0, 0.05) is 17.6 Å². The minimum atomic E-state index is -0.959. The van der Waals surface area contributed by atoms with Gasteiger partial charge in [0.1, 0.15) is 60.5 Å². The van der Waals surface area contributed by atoms with Crippen molar-refractivity contribution in [2.45, 2.75) is 36.1 Å². The first kappa shape index (κ1) is 45.5. The van der Waals surface area contributed by atoms with Gasteiger partial charge in [-0.25, -0.2) is 9.78 Å². The molecular formula is C47H47IN6O7S2. The van der Waals surface area contributed by atoms with Crippen LogP contribution in [0, 0.1) is 0 Å². The monoisotopic (exact) mass is 998 g/mol. The van der Waals surface area contributed by atoms with Crippen LogP contribution in [0.1, 0.15) is 34.4 Å². The Hall–Kier alpha value is -5.53. The SMILES string of the molecule is CO/N=C(\C(=O)N[C@@H]1C(=O)N2C(C(=O)OCc3ccc(OC)cc3)=C(/C=C\C3CC[N+](C)(C)O3)CS[C@H]12)c1csc(NC(c2ccccc2)(c2ccccc2)c2ccccc2)n1.[I-]. The number of carbonyl (C=O) groups is 3. The summed E-state index contributed by atoms with van der Waals surface area (Å²) in [6, 6.07) is 36.6. The number of thiazole rings is 1. The summed E-state index contributed by atoms with van der Waals surface area (Å²) in [6.07, 6.45) is 4.44. The molecular weight excluding hydrogens is 952 g/mol. The number of hydroxylamine groups is 3. The molecule has 13 nitrogen and oxygen atoms in total. The van der Waals surface area contributed by atoms with E-state index < -0.39 is 34.7 Å². The van der Waals surface area contributed by atoms with Crippen molar-refractivity contribution in [3.8, 4) is 5.75 Å². The zero-order valence-electron chi connectivity index (χ0n) is 35.1. The number of thioether (sulfide) groups is 1. The van der Waals surface area contributed by atoms with Crippen LogP contribution in [0.15, 0.2) is 149 Å². The van der Waals surface area contributed by atoms with Crippen LogP contribution in [0.2, 0.25) is 0 Å². The molecule has 8 rings (SSSR count). The molecule has 1 aromatic heterocycles. The molecule has 3 aliphatic rings. The summed E-state index contributed by atoms with van der Waals surface area (Å²) < 4.78 is 11.5. The van der Waals surface area contributed by atoms with Crippen LogP contribution in [0.3, 0.4) is 0 Å². The van der Waals surface area contributed by atoms with E-state index in [1.165, 1.54) is 35.1 Å². The second-order valence-corrected chi connectivity index (χ2v) is 17.3. The molecule has 0 radical (unpaired) electrons. The lowest BCUT2D eigenvalue weighted by atomic mass is 9.77. The Labute approximate surface area is 391 Å². The summed E-state index contributed by atoms with van der Waals surface area (Å²) in [5.41, 5.74) is 3.79. The topological polar surface area (TPSA) is 141 Å². The molecule has 3 aliphatic heterocycles. The van der Waals surface area contributed by atoms with Crippen molar-refractivity contribution in [3.05, 3.63) is 172 Å². The summed E-state index contributed by atoms with van der Waals surface area (Å²) in [6.45, 7) is 0.835. The quantitative estimate of drug-likeness (QED) is 0.0304. The number of fused-ring (bicyclic) bond motifs is 1. The number of hydrogen-bond donors (Lipinski definition) is 2. The van der Waals surface area contributed by atoms with Gasteiger partial charge < -0.3 is 48.9 Å². The number of hydrogen-bond acceptors (Lipinski definition) is 12. The van der Waals surface area contributed by atoms with Gasteiger partial charge in [0.2, 0.25) is 0 Å². The summed E-state index contributed by atoms with van der Waals surface area (Å²) >= 11 is 2.76. The first-order chi connectivity index (χ1) is 30.1. The number of benzene rings is 4. The summed E-state index contributed by atoms with van der Waals surface area (Å²) in [4.78, 5) is 59.6. The highest BCUT2D eigenvalue weighted by atomic mass is 127. The normalized spacial score (nSPS) is 19.4. The van der Waals surface area contributed by atoms with E-state index in [-0.39, 0.29) is 53.8 Å². The van der Waals surface area contributed by atoms with Crippen LogP contribution in [-0.4, -0.2) is 96.2 Å². The highest BCUT2D eigenvalue weighted by molar-refractivity contribution is 8.00. The number of nitrogens with one attached hydrogen (secondary N) is 2. The van der Waals surface area contributed by atoms with Crippen molar-refractivity contribution in [2.24, 2.45) is 5.16 Å². The fourth-order valence-electron chi connectivity index (χ4n) is 7.85. The average molecular weight is 999 g/mol. The lowest BCUT2D eigenvalue weighted by molar-refractivity contribution is -1.06. The molecule has 63 heavy (non-hydrogen) atoms. The second kappa shape index (κ2) is 19.9. The first-order valence-corrected chi connectivity index (χ1v) is 22.0. The van der Waals surface area contributed by atoms with E-state index in [0.29, 0.717) is 26.9 Å². The van der Waals surface area contributed by atoms with E-state index in [0.717, 1.165) is 35.2 Å². The number of halogens is 1. The number of ether oxygens (including phenoxy) is 2. The number of oxime groups is 1. The minimum absolute atomic E-state index is 0. The molecule has 2 fully saturated rings. The van der Waals surface area contributed by atoms with Crippen molar-refractivity contribution >= 4 is 51.7 Å². The number of aromatic nitrogens is 1. The predicted molar refractivity (Wildman–Crippen MR) is 239 cm³/mol. The molecule has 0 bridgehead atoms. The Kier molecular flexibility index (Phi) is 14.4. The highest BCUT2D eigenvalue weighted by Gasteiger charge is 2.54. The van der Waals surface area contributed by atoms with E-state index in [4.69, 9.17) is 24.1 Å². The van der Waals surface area contributed by atoms with Crippen LogP contribution in [0.25, 0.3) is 0 Å². The number of rotatable bonds is 15. The largest absolute Gasteiger partial charge is 1.00 e. The van der Waals surface area contributed by atoms with Crippen molar-refractivity contribution in [3.63, 3.8) is 0 Å². The molecule has 16 heteroatoms. The van der Waals surface area contributed by atoms with Gasteiger partial charge >= 0.3 is 5.97 Å². The van der Waals surface area contributed by atoms with Crippen LogP contribution in [-0.2, 0) is 40.9 Å². The Morgan fingerprint density at radius 2 is 1.56 bits per heavy atom. The molecule has 2 amide bonds. The van der Waals surface area contributed by atoms with Gasteiger partial charge in [0.05, 0.1) is 21.2 Å². The number of β-lactam (4-membered cyclic amide) rings is 1. The third-order valence-corrected chi connectivity index (χ3v) is 13.0. The number of anilines is 1. The van der Waals surface area contributed by atoms with Gasteiger partial charge in [-0.3, -0.25) is 14.5 Å². The maximum atomic E-state index is 14.1. The van der Waals surface area contributed by atoms with Gasteiger partial charge in [-0.15, -0.1) is 23.1 Å². The van der Waals surface area contributed by atoms with E-state index in [2.05, 4.69) is 52.2 Å². The Balaban J connectivity index is 0.00000595. The Morgan fingerprint density at radius 3 is 2.11 bits per heavy atom. The van der Waals surface area contributed by atoms with E-state index in [1.807, 2.05) is 93.0 Å². The molecule has 4 heterocycles. The van der Waals surface area contributed by atoms with E-state index in [9.17, 15) is 14.4 Å². The molecule has 326 valence electrons. The first-order valence-electron chi connectivity index (χ1n) is 20.1. The molecule has 0 spiro atoms. The Morgan fingerprint density at radius 1 is 0.937 bits per heavy atom. The zero-order chi connectivity index (χ0) is 43.3. The number of amides is 2. The fraction of sp³-hybridized carbons (Fsp3) is 0.255. The van der Waals surface area contributed by atoms with Gasteiger partial charge in [-0.05, 0) is 46.0 Å². The number of methoxy groups -OCH3 is 1. The van der Waals surface area contributed by atoms with Crippen molar-refractivity contribution in [2.75, 3.05) is 45.9 Å². The van der Waals surface area contributed by atoms with Gasteiger partial charge in [0.15, 0.2) is 10.8 Å². The molecule has 5 aromatic rings. The number of allylic oxidation sites excluding steroid dienone is 1. The van der Waals surface area contributed by atoms with Crippen molar-refractivity contribution in [1.29, 1.82) is 0 Å². The average Bonchev–Trinajstić information content (AvgIpc) is 3.92. The molecule has 0 aliphatic carbocycles. The van der Waals surface area contributed by atoms with Crippen LogP contribution < -0.4 is 39.3 Å². The van der Waals surface area contributed by atoms with Crippen molar-refractivity contribution < 1.29 is 62.2 Å². The van der Waals surface area contributed by atoms with Crippen LogP contribution >= 0.6 is 23.1 Å². The van der Waals surface area contributed by atoms with Crippen LogP contribution in [0.5, 0.6) is 5.75 Å². The predicted octanol–water partition coefficient (Wildman–Crippen LogP) is 3.64. The molecule has 3 atom stereocenters. The summed E-state index contributed by atoms with van der Waals surface area (Å²) in [5, 5.41) is 12.4. The molecule has 2 saturated heterocycles. The smallest absolute Gasteiger partial charge is 0.355 e. The van der Waals surface area contributed by atoms with Crippen molar-refractivity contribution in [1.82, 2.24) is 15.2 Å². The zero-order valence-corrected chi connectivity index (χ0v) is 38.9.